The minimum absolute atomic E-state index is 0.352. The van der Waals surface area contributed by atoms with E-state index in [9.17, 15) is 18.0 Å². The van der Waals surface area contributed by atoms with E-state index in [0.717, 1.165) is 6.26 Å². The van der Waals surface area contributed by atoms with Crippen LogP contribution in [0.25, 0.3) is 0 Å². The number of carbonyl (C=O) groups excluding carboxylic acids is 2. The predicted octanol–water partition coefficient (Wildman–Crippen LogP) is -0.336. The highest BCUT2D eigenvalue weighted by Gasteiger charge is 2.20. The smallest absolute Gasteiger partial charge is 0.358 e. The average molecular weight is 234 g/mol. The van der Waals surface area contributed by atoms with Gasteiger partial charge in [-0.05, 0) is 0 Å². The number of amides is 2. The van der Waals surface area contributed by atoms with E-state index in [4.69, 9.17) is 0 Å². The Morgan fingerprint density at radius 3 is 2.33 bits per heavy atom. The summed E-state index contributed by atoms with van der Waals surface area (Å²) in [4.78, 5) is 23.2. The molecule has 0 unspecified atom stereocenters. The Morgan fingerprint density at radius 1 is 1.33 bits per heavy atom. The van der Waals surface area contributed by atoms with Gasteiger partial charge in [-0.1, -0.05) is 12.2 Å². The highest BCUT2D eigenvalue weighted by molar-refractivity contribution is 7.89. The molecule has 0 aromatic heterocycles. The Balaban J connectivity index is 2.41. The van der Waals surface area contributed by atoms with Crippen LogP contribution in [-0.2, 0) is 14.8 Å². The van der Waals surface area contributed by atoms with Crippen molar-refractivity contribution in [2.45, 2.75) is 0 Å². The Labute approximate surface area is 86.7 Å². The lowest BCUT2D eigenvalue weighted by molar-refractivity contribution is 0.129. The maximum Gasteiger partial charge on any atom is 0.429 e. The van der Waals surface area contributed by atoms with Crippen molar-refractivity contribution in [1.82, 2.24) is 9.62 Å². The Kier molecular flexibility index (Phi) is 3.30. The summed E-state index contributed by atoms with van der Waals surface area (Å²) in [5, 5.41) is 0. The summed E-state index contributed by atoms with van der Waals surface area (Å²) < 4.78 is 26.9. The van der Waals surface area contributed by atoms with E-state index in [1.54, 1.807) is 12.2 Å². The monoisotopic (exact) mass is 234 g/mol. The van der Waals surface area contributed by atoms with Gasteiger partial charge in [0.25, 0.3) is 0 Å². The molecule has 0 spiro atoms. The summed E-state index contributed by atoms with van der Waals surface area (Å²) in [6.45, 7) is 0.704. The van der Waals surface area contributed by atoms with Crippen molar-refractivity contribution < 1.29 is 22.7 Å². The summed E-state index contributed by atoms with van der Waals surface area (Å²) in [7, 11) is -3.70. The molecule has 15 heavy (non-hydrogen) atoms. The standard InChI is InChI=1S/C7H10N2O5S/c1-15(12,13)8-6(10)14-7(11)9-4-2-3-5-9/h2-3H,4-5H2,1H3,(H,8,10). The molecule has 0 aromatic rings. The predicted molar refractivity (Wildman–Crippen MR) is 50.6 cm³/mol. The largest absolute Gasteiger partial charge is 0.429 e. The van der Waals surface area contributed by atoms with Crippen molar-refractivity contribution in [3.05, 3.63) is 12.2 Å². The molecular formula is C7H10N2O5S. The van der Waals surface area contributed by atoms with Crippen LogP contribution in [0.4, 0.5) is 9.59 Å². The van der Waals surface area contributed by atoms with Gasteiger partial charge in [0.1, 0.15) is 0 Å². The fraction of sp³-hybridized carbons (Fsp3) is 0.429. The average Bonchev–Trinajstić information content (AvgIpc) is 2.50. The van der Waals surface area contributed by atoms with Gasteiger partial charge in [-0.3, -0.25) is 0 Å². The van der Waals surface area contributed by atoms with E-state index in [1.807, 2.05) is 0 Å². The van der Waals surface area contributed by atoms with Crippen LogP contribution in [0.1, 0.15) is 0 Å². The molecule has 1 N–H and O–H groups in total. The zero-order valence-corrected chi connectivity index (χ0v) is 8.78. The molecule has 8 heteroatoms. The van der Waals surface area contributed by atoms with Crippen molar-refractivity contribution in [1.29, 1.82) is 0 Å². The van der Waals surface area contributed by atoms with E-state index in [0.29, 0.717) is 13.1 Å². The van der Waals surface area contributed by atoms with Crippen molar-refractivity contribution in [2.24, 2.45) is 0 Å². The molecule has 2 amide bonds. The summed E-state index contributed by atoms with van der Waals surface area (Å²) in [6, 6.07) is 0. The molecule has 1 aliphatic rings. The Morgan fingerprint density at radius 2 is 1.87 bits per heavy atom. The topological polar surface area (TPSA) is 92.8 Å². The van der Waals surface area contributed by atoms with Gasteiger partial charge in [0.05, 0.1) is 6.26 Å². The fourth-order valence-corrected chi connectivity index (χ4v) is 1.29. The van der Waals surface area contributed by atoms with Crippen LogP contribution in [0.15, 0.2) is 12.2 Å². The Hall–Kier alpha value is -1.57. The number of sulfonamides is 1. The van der Waals surface area contributed by atoms with Gasteiger partial charge in [-0.15, -0.1) is 0 Å². The third kappa shape index (κ3) is 3.98. The highest BCUT2D eigenvalue weighted by atomic mass is 32.2. The normalized spacial score (nSPS) is 15.1. The van der Waals surface area contributed by atoms with Crippen LogP contribution in [0, 0.1) is 0 Å². The number of hydrogen-bond acceptors (Lipinski definition) is 5. The van der Waals surface area contributed by atoms with Crippen LogP contribution in [-0.4, -0.2) is 44.8 Å². The molecule has 0 radical (unpaired) electrons. The molecule has 0 saturated carbocycles. The lowest BCUT2D eigenvalue weighted by Gasteiger charge is -2.13. The van der Waals surface area contributed by atoms with Gasteiger partial charge >= 0.3 is 12.2 Å². The highest BCUT2D eigenvalue weighted by Crippen LogP contribution is 2.01. The van der Waals surface area contributed by atoms with Crippen LogP contribution in [0.5, 0.6) is 0 Å². The SMILES string of the molecule is CS(=O)(=O)NC(=O)OC(=O)N1CC=CC1. The second kappa shape index (κ2) is 4.30. The van der Waals surface area contributed by atoms with E-state index >= 15 is 0 Å². The number of hydrogen-bond donors (Lipinski definition) is 1. The van der Waals surface area contributed by atoms with Crippen LogP contribution < -0.4 is 4.72 Å². The maximum atomic E-state index is 11.1. The first-order chi connectivity index (χ1) is 6.88. The van der Waals surface area contributed by atoms with Crippen molar-refractivity contribution in [3.63, 3.8) is 0 Å². The minimum atomic E-state index is -3.70. The van der Waals surface area contributed by atoms with Crippen LogP contribution in [0.3, 0.4) is 0 Å². The molecule has 0 bridgehead atoms. The molecule has 7 nitrogen and oxygen atoms in total. The maximum absolute atomic E-state index is 11.1. The van der Waals surface area contributed by atoms with Gasteiger partial charge in [-0.2, -0.15) is 0 Å². The first-order valence-electron chi connectivity index (χ1n) is 4.02. The van der Waals surface area contributed by atoms with Crippen molar-refractivity contribution in [3.8, 4) is 0 Å². The van der Waals surface area contributed by atoms with E-state index in [2.05, 4.69) is 4.74 Å². The second-order valence-corrected chi connectivity index (χ2v) is 4.65. The van der Waals surface area contributed by atoms with E-state index in [-0.39, 0.29) is 0 Å². The molecule has 0 atom stereocenters. The zero-order chi connectivity index (χ0) is 11.5. The summed E-state index contributed by atoms with van der Waals surface area (Å²) in [5.74, 6) is 0. The van der Waals surface area contributed by atoms with Gasteiger partial charge in [0.2, 0.25) is 10.0 Å². The van der Waals surface area contributed by atoms with E-state index < -0.39 is 22.2 Å². The summed E-state index contributed by atoms with van der Waals surface area (Å²) >= 11 is 0. The van der Waals surface area contributed by atoms with Gasteiger partial charge in [0, 0.05) is 13.1 Å². The second-order valence-electron chi connectivity index (χ2n) is 2.91. The number of carbonyl (C=O) groups is 2. The number of ether oxygens (including phenoxy) is 1. The first kappa shape index (κ1) is 11.5. The number of nitrogens with zero attached hydrogens (tertiary/aromatic N) is 1. The summed E-state index contributed by atoms with van der Waals surface area (Å²) in [5.41, 5.74) is 0. The van der Waals surface area contributed by atoms with Gasteiger partial charge in [0.15, 0.2) is 0 Å². The first-order valence-corrected chi connectivity index (χ1v) is 5.91. The molecule has 1 aliphatic heterocycles. The van der Waals surface area contributed by atoms with E-state index in [1.165, 1.54) is 9.62 Å². The molecular weight excluding hydrogens is 224 g/mol. The van der Waals surface area contributed by atoms with Crippen LogP contribution >= 0.6 is 0 Å². The minimum Gasteiger partial charge on any atom is -0.358 e. The molecule has 0 fully saturated rings. The third-order valence-corrected chi connectivity index (χ3v) is 2.06. The number of rotatable bonds is 1. The van der Waals surface area contributed by atoms with Crippen LogP contribution in [0.2, 0.25) is 0 Å². The Bertz CT molecular complexity index is 392. The molecule has 84 valence electrons. The van der Waals surface area contributed by atoms with Gasteiger partial charge in [-0.25, -0.2) is 22.7 Å². The molecule has 1 heterocycles. The summed E-state index contributed by atoms with van der Waals surface area (Å²) in [6.07, 6.45) is 2.08. The quantitative estimate of drug-likeness (QED) is 0.495. The van der Waals surface area contributed by atoms with Crippen molar-refractivity contribution in [2.75, 3.05) is 19.3 Å². The molecule has 0 aromatic carbocycles. The van der Waals surface area contributed by atoms with Gasteiger partial charge < -0.3 is 9.64 Å². The number of nitrogens with one attached hydrogen (secondary N) is 1. The third-order valence-electron chi connectivity index (χ3n) is 1.53. The fourth-order valence-electron chi connectivity index (χ4n) is 0.943. The van der Waals surface area contributed by atoms with Crippen molar-refractivity contribution >= 4 is 22.2 Å². The molecule has 0 aliphatic carbocycles. The molecule has 0 saturated heterocycles. The lowest BCUT2D eigenvalue weighted by Crippen LogP contribution is -2.37. The zero-order valence-electron chi connectivity index (χ0n) is 7.97. The lowest BCUT2D eigenvalue weighted by atomic mass is 10.6. The molecule has 1 rings (SSSR count).